The number of guanidine groups is 1. The molecule has 1 aliphatic rings. The van der Waals surface area contributed by atoms with Gasteiger partial charge in [0.1, 0.15) is 0 Å². The van der Waals surface area contributed by atoms with Crippen LogP contribution < -0.4 is 10.6 Å². The number of hydrogen-bond donors (Lipinski definition) is 2. The lowest BCUT2D eigenvalue weighted by atomic mass is 10.3. The van der Waals surface area contributed by atoms with Crippen LogP contribution in [0.5, 0.6) is 0 Å². The van der Waals surface area contributed by atoms with Gasteiger partial charge in [0.15, 0.2) is 5.96 Å². The fourth-order valence-electron chi connectivity index (χ4n) is 1.67. The molecule has 0 spiro atoms. The van der Waals surface area contributed by atoms with E-state index < -0.39 is 0 Å². The first-order valence-electron chi connectivity index (χ1n) is 6.80. The third kappa shape index (κ3) is 7.04. The summed E-state index contributed by atoms with van der Waals surface area (Å²) in [6, 6.07) is 5.87. The van der Waals surface area contributed by atoms with Gasteiger partial charge in [-0.2, -0.15) is 0 Å². The van der Waals surface area contributed by atoms with Crippen molar-refractivity contribution in [2.24, 2.45) is 10.9 Å². The van der Waals surface area contributed by atoms with Crippen molar-refractivity contribution < 1.29 is 4.74 Å². The van der Waals surface area contributed by atoms with Gasteiger partial charge in [-0.25, -0.2) is 0 Å². The van der Waals surface area contributed by atoms with Crippen molar-refractivity contribution in [1.29, 1.82) is 0 Å². The lowest BCUT2D eigenvalue weighted by molar-refractivity contribution is 0.129. The summed E-state index contributed by atoms with van der Waals surface area (Å²) in [6.07, 6.45) is 4.46. The lowest BCUT2D eigenvalue weighted by Gasteiger charge is -2.11. The summed E-state index contributed by atoms with van der Waals surface area (Å²) < 4.78 is 5.56. The minimum Gasteiger partial charge on any atom is -0.379 e. The number of aromatic nitrogens is 1. The van der Waals surface area contributed by atoms with Crippen LogP contribution in [0.15, 0.2) is 29.4 Å². The molecule has 1 aromatic heterocycles. The van der Waals surface area contributed by atoms with Gasteiger partial charge in [-0.15, -0.1) is 24.0 Å². The maximum Gasteiger partial charge on any atom is 0.191 e. The Morgan fingerprint density at radius 2 is 2.25 bits per heavy atom. The van der Waals surface area contributed by atoms with Crippen LogP contribution in [0.4, 0.5) is 0 Å². The number of aliphatic imine (C=N–C) groups is 1. The Morgan fingerprint density at radius 3 is 2.90 bits per heavy atom. The van der Waals surface area contributed by atoms with Crippen LogP contribution in [0.2, 0.25) is 0 Å². The Morgan fingerprint density at radius 1 is 1.40 bits per heavy atom. The van der Waals surface area contributed by atoms with Gasteiger partial charge in [-0.1, -0.05) is 6.07 Å². The van der Waals surface area contributed by atoms with E-state index in [2.05, 4.69) is 20.6 Å². The van der Waals surface area contributed by atoms with Crippen LogP contribution >= 0.6 is 24.0 Å². The minimum absolute atomic E-state index is 0. The second kappa shape index (κ2) is 9.93. The molecular weight excluding hydrogens is 367 g/mol. The van der Waals surface area contributed by atoms with Crippen molar-refractivity contribution in [1.82, 2.24) is 15.6 Å². The van der Waals surface area contributed by atoms with Gasteiger partial charge >= 0.3 is 0 Å². The van der Waals surface area contributed by atoms with Gasteiger partial charge in [-0.3, -0.25) is 9.98 Å². The van der Waals surface area contributed by atoms with Crippen LogP contribution in [-0.2, 0) is 11.3 Å². The zero-order valence-corrected chi connectivity index (χ0v) is 14.2. The van der Waals surface area contributed by atoms with Crippen molar-refractivity contribution in [2.45, 2.75) is 19.4 Å². The predicted molar refractivity (Wildman–Crippen MR) is 91.4 cm³/mol. The van der Waals surface area contributed by atoms with E-state index in [9.17, 15) is 0 Å². The standard InChI is InChI=1S/C14H22N4O.HI/c1-15-14(17-8-9-19-11-12-5-6-12)18-10-13-4-2-3-7-16-13;/h2-4,7,12H,5-6,8-11H2,1H3,(H2,15,17,18);1H. The lowest BCUT2D eigenvalue weighted by Crippen LogP contribution is -2.38. The molecule has 0 atom stereocenters. The number of rotatable bonds is 7. The van der Waals surface area contributed by atoms with Gasteiger partial charge < -0.3 is 15.4 Å². The van der Waals surface area contributed by atoms with E-state index in [1.54, 1.807) is 13.2 Å². The molecule has 0 amide bonds. The zero-order valence-electron chi connectivity index (χ0n) is 11.8. The number of halogens is 1. The van der Waals surface area contributed by atoms with Crippen molar-refractivity contribution in [3.63, 3.8) is 0 Å². The predicted octanol–water partition coefficient (Wildman–Crippen LogP) is 1.79. The van der Waals surface area contributed by atoms with E-state index in [0.29, 0.717) is 6.54 Å². The monoisotopic (exact) mass is 390 g/mol. The molecular formula is C14H23IN4O. The number of ether oxygens (including phenoxy) is 1. The maximum absolute atomic E-state index is 5.56. The van der Waals surface area contributed by atoms with Gasteiger partial charge in [0.05, 0.1) is 18.8 Å². The molecule has 0 aliphatic heterocycles. The highest BCUT2D eigenvalue weighted by Crippen LogP contribution is 2.28. The molecule has 1 saturated carbocycles. The second-order valence-electron chi connectivity index (χ2n) is 4.69. The first-order chi connectivity index (χ1) is 9.38. The number of nitrogens with one attached hydrogen (secondary N) is 2. The minimum atomic E-state index is 0. The molecule has 1 fully saturated rings. The Hall–Kier alpha value is -0.890. The summed E-state index contributed by atoms with van der Waals surface area (Å²) in [5.41, 5.74) is 0.996. The molecule has 0 radical (unpaired) electrons. The van der Waals surface area contributed by atoms with Gasteiger partial charge in [-0.05, 0) is 30.9 Å². The topological polar surface area (TPSA) is 58.5 Å². The van der Waals surface area contributed by atoms with E-state index in [-0.39, 0.29) is 24.0 Å². The average molecular weight is 390 g/mol. The Balaban J connectivity index is 0.00000200. The highest BCUT2D eigenvalue weighted by atomic mass is 127. The van der Waals surface area contributed by atoms with Crippen LogP contribution in [0.3, 0.4) is 0 Å². The summed E-state index contributed by atoms with van der Waals surface area (Å²) in [4.78, 5) is 8.41. The van der Waals surface area contributed by atoms with Crippen molar-refractivity contribution in [3.05, 3.63) is 30.1 Å². The Bertz CT molecular complexity index is 395. The number of pyridine rings is 1. The molecule has 0 unspecified atom stereocenters. The average Bonchev–Trinajstić information content (AvgIpc) is 3.27. The zero-order chi connectivity index (χ0) is 13.3. The van der Waals surface area contributed by atoms with E-state index >= 15 is 0 Å². The molecule has 2 rings (SSSR count). The van der Waals surface area contributed by atoms with Crippen molar-refractivity contribution in [3.8, 4) is 0 Å². The summed E-state index contributed by atoms with van der Waals surface area (Å²) in [7, 11) is 1.76. The molecule has 0 bridgehead atoms. The quantitative estimate of drug-likeness (QED) is 0.323. The van der Waals surface area contributed by atoms with E-state index in [1.807, 2.05) is 18.2 Å². The smallest absolute Gasteiger partial charge is 0.191 e. The summed E-state index contributed by atoms with van der Waals surface area (Å²) in [5, 5.41) is 6.44. The van der Waals surface area contributed by atoms with Crippen LogP contribution in [0.1, 0.15) is 18.5 Å². The van der Waals surface area contributed by atoms with E-state index in [4.69, 9.17) is 4.74 Å². The fraction of sp³-hybridized carbons (Fsp3) is 0.571. The molecule has 2 N–H and O–H groups in total. The highest BCUT2D eigenvalue weighted by Gasteiger charge is 2.20. The number of hydrogen-bond acceptors (Lipinski definition) is 3. The molecule has 1 aliphatic carbocycles. The maximum atomic E-state index is 5.56. The molecule has 0 saturated heterocycles. The summed E-state index contributed by atoms with van der Waals surface area (Å²) >= 11 is 0. The molecule has 0 aromatic carbocycles. The normalized spacial score (nSPS) is 14.6. The first kappa shape index (κ1) is 17.2. The third-order valence-electron chi connectivity index (χ3n) is 2.98. The van der Waals surface area contributed by atoms with Crippen molar-refractivity contribution in [2.75, 3.05) is 26.8 Å². The fourth-order valence-corrected chi connectivity index (χ4v) is 1.67. The van der Waals surface area contributed by atoms with E-state index in [0.717, 1.165) is 37.3 Å². The van der Waals surface area contributed by atoms with Crippen LogP contribution in [0.25, 0.3) is 0 Å². The van der Waals surface area contributed by atoms with Gasteiger partial charge in [0.2, 0.25) is 0 Å². The van der Waals surface area contributed by atoms with Gasteiger partial charge in [0, 0.05) is 26.4 Å². The van der Waals surface area contributed by atoms with Crippen molar-refractivity contribution >= 4 is 29.9 Å². The second-order valence-corrected chi connectivity index (χ2v) is 4.69. The molecule has 5 nitrogen and oxygen atoms in total. The summed E-state index contributed by atoms with van der Waals surface area (Å²) in [5.74, 6) is 1.60. The molecule has 1 aromatic rings. The Kier molecular flexibility index (Phi) is 8.52. The molecule has 112 valence electrons. The number of nitrogens with zero attached hydrogens (tertiary/aromatic N) is 2. The largest absolute Gasteiger partial charge is 0.379 e. The SMILES string of the molecule is CN=C(NCCOCC1CC1)NCc1ccccn1.I. The molecule has 20 heavy (non-hydrogen) atoms. The Labute approximate surface area is 137 Å². The van der Waals surface area contributed by atoms with Gasteiger partial charge in [0.25, 0.3) is 0 Å². The van der Waals surface area contributed by atoms with E-state index in [1.165, 1.54) is 12.8 Å². The van der Waals surface area contributed by atoms with Crippen LogP contribution in [0, 0.1) is 5.92 Å². The molecule has 6 heteroatoms. The van der Waals surface area contributed by atoms with Crippen LogP contribution in [-0.4, -0.2) is 37.7 Å². The summed E-state index contributed by atoms with van der Waals surface area (Å²) in [6.45, 7) is 3.07. The third-order valence-corrected chi connectivity index (χ3v) is 2.98. The highest BCUT2D eigenvalue weighted by molar-refractivity contribution is 14.0. The molecule has 1 heterocycles. The first-order valence-corrected chi connectivity index (χ1v) is 6.80.